The van der Waals surface area contributed by atoms with E-state index in [4.69, 9.17) is 5.73 Å². The van der Waals surface area contributed by atoms with E-state index in [2.05, 4.69) is 25.3 Å². The van der Waals surface area contributed by atoms with E-state index < -0.39 is 11.0 Å². The molecule has 1 aromatic carbocycles. The number of nitrogens with two attached hydrogens (primary N) is 1. The van der Waals surface area contributed by atoms with E-state index in [1.54, 1.807) is 18.3 Å². The molecular formula is C18H20N6O2. The summed E-state index contributed by atoms with van der Waals surface area (Å²) < 4.78 is 0. The quantitative estimate of drug-likeness (QED) is 0.614. The van der Waals surface area contributed by atoms with Crippen molar-refractivity contribution in [2.75, 3.05) is 11.1 Å². The number of ketones is 1. The SMILES string of the molecule is CC(C)(C)C(=O)c1ccc(NCc2cnc3nc(N)[nH]c(=O)c3n2)cc1. The molecule has 2 heterocycles. The average Bonchev–Trinajstić information content (AvgIpc) is 2.59. The number of carbonyl (C=O) groups excluding carboxylic acids is 1. The first-order valence-electron chi connectivity index (χ1n) is 8.14. The van der Waals surface area contributed by atoms with Gasteiger partial charge in [-0.05, 0) is 24.3 Å². The van der Waals surface area contributed by atoms with Crippen LogP contribution in [-0.2, 0) is 6.54 Å². The van der Waals surface area contributed by atoms with Gasteiger partial charge in [0, 0.05) is 16.7 Å². The number of carbonyl (C=O) groups is 1. The van der Waals surface area contributed by atoms with Crippen molar-refractivity contribution in [3.05, 3.63) is 52.1 Å². The van der Waals surface area contributed by atoms with Crippen molar-refractivity contribution in [2.45, 2.75) is 27.3 Å². The number of nitrogen functional groups attached to an aromatic ring is 1. The number of Topliss-reactive ketones (excluding diaryl/α,β-unsaturated/α-hetero) is 1. The van der Waals surface area contributed by atoms with Gasteiger partial charge >= 0.3 is 0 Å². The summed E-state index contributed by atoms with van der Waals surface area (Å²) in [6, 6.07) is 7.25. The van der Waals surface area contributed by atoms with E-state index in [1.807, 2.05) is 32.9 Å². The van der Waals surface area contributed by atoms with Crippen molar-refractivity contribution in [3.8, 4) is 0 Å². The Morgan fingerprint density at radius 2 is 1.88 bits per heavy atom. The smallest absolute Gasteiger partial charge is 0.280 e. The van der Waals surface area contributed by atoms with Crippen molar-refractivity contribution in [1.29, 1.82) is 0 Å². The first kappa shape index (κ1) is 17.5. The maximum absolute atomic E-state index is 12.3. The number of benzene rings is 1. The Balaban J connectivity index is 1.74. The minimum absolute atomic E-state index is 0.00701. The van der Waals surface area contributed by atoms with E-state index in [1.165, 1.54) is 0 Å². The molecule has 134 valence electrons. The molecule has 0 aliphatic rings. The number of fused-ring (bicyclic) bond motifs is 1. The summed E-state index contributed by atoms with van der Waals surface area (Å²) >= 11 is 0. The largest absolute Gasteiger partial charge is 0.379 e. The minimum atomic E-state index is -0.424. The number of anilines is 2. The molecule has 0 atom stereocenters. The van der Waals surface area contributed by atoms with Gasteiger partial charge in [0.05, 0.1) is 18.4 Å². The number of H-pyrrole nitrogens is 1. The summed E-state index contributed by atoms with van der Waals surface area (Å²) in [5.41, 5.74) is 7.09. The molecule has 4 N–H and O–H groups in total. The minimum Gasteiger partial charge on any atom is -0.379 e. The zero-order valence-electron chi connectivity index (χ0n) is 14.8. The van der Waals surface area contributed by atoms with Crippen LogP contribution in [-0.4, -0.2) is 25.7 Å². The number of nitrogens with zero attached hydrogens (tertiary/aromatic N) is 3. The molecule has 3 rings (SSSR count). The van der Waals surface area contributed by atoms with Gasteiger partial charge in [0.25, 0.3) is 5.56 Å². The second-order valence-electron chi connectivity index (χ2n) is 6.99. The highest BCUT2D eigenvalue weighted by Gasteiger charge is 2.22. The van der Waals surface area contributed by atoms with Gasteiger partial charge in [-0.3, -0.25) is 14.6 Å². The fraction of sp³-hybridized carbons (Fsp3) is 0.278. The Morgan fingerprint density at radius 1 is 1.19 bits per heavy atom. The van der Waals surface area contributed by atoms with Crippen LogP contribution in [0.1, 0.15) is 36.8 Å². The lowest BCUT2D eigenvalue weighted by Gasteiger charge is -2.16. The second-order valence-corrected chi connectivity index (χ2v) is 6.99. The van der Waals surface area contributed by atoms with Gasteiger partial charge in [0.15, 0.2) is 16.9 Å². The van der Waals surface area contributed by atoms with Crippen molar-refractivity contribution in [3.63, 3.8) is 0 Å². The Hall–Kier alpha value is -3.29. The van der Waals surface area contributed by atoms with Crippen LogP contribution >= 0.6 is 0 Å². The molecule has 0 fully saturated rings. The van der Waals surface area contributed by atoms with E-state index in [0.717, 1.165) is 5.69 Å². The van der Waals surface area contributed by atoms with Crippen LogP contribution in [0.4, 0.5) is 11.6 Å². The number of rotatable bonds is 4. The zero-order chi connectivity index (χ0) is 18.9. The molecule has 0 unspecified atom stereocenters. The van der Waals surface area contributed by atoms with E-state index in [9.17, 15) is 9.59 Å². The fourth-order valence-electron chi connectivity index (χ4n) is 2.42. The standard InChI is InChI=1S/C18H20N6O2/c1-18(2,3)14(25)10-4-6-11(7-5-10)20-8-12-9-21-15-13(22-12)16(26)24-17(19)23-15/h4-7,9,20H,8H2,1-3H3,(H3,19,21,23,24,26). The van der Waals surface area contributed by atoms with Crippen molar-refractivity contribution < 1.29 is 4.79 Å². The second kappa shape index (κ2) is 6.55. The summed E-state index contributed by atoms with van der Waals surface area (Å²) in [7, 11) is 0. The lowest BCUT2D eigenvalue weighted by Crippen LogP contribution is -2.20. The Kier molecular flexibility index (Phi) is 4.41. The van der Waals surface area contributed by atoms with Crippen molar-refractivity contribution >= 4 is 28.6 Å². The molecule has 26 heavy (non-hydrogen) atoms. The van der Waals surface area contributed by atoms with Crippen LogP contribution < -0.4 is 16.6 Å². The number of aromatic nitrogens is 4. The highest BCUT2D eigenvalue weighted by molar-refractivity contribution is 6.00. The van der Waals surface area contributed by atoms with Crippen LogP contribution in [0, 0.1) is 5.41 Å². The van der Waals surface area contributed by atoms with Crippen LogP contribution in [0.2, 0.25) is 0 Å². The predicted molar refractivity (Wildman–Crippen MR) is 99.9 cm³/mol. The molecule has 0 amide bonds. The normalized spacial score (nSPS) is 11.5. The topological polar surface area (TPSA) is 127 Å². The van der Waals surface area contributed by atoms with Gasteiger partial charge in [-0.1, -0.05) is 20.8 Å². The lowest BCUT2D eigenvalue weighted by molar-refractivity contribution is 0.0858. The van der Waals surface area contributed by atoms with Gasteiger partial charge in [-0.15, -0.1) is 0 Å². The summed E-state index contributed by atoms with van der Waals surface area (Å²) in [5.74, 6) is 0.100. The highest BCUT2D eigenvalue weighted by Crippen LogP contribution is 2.22. The molecule has 2 aromatic heterocycles. The molecule has 0 saturated carbocycles. The first-order chi connectivity index (χ1) is 12.2. The van der Waals surface area contributed by atoms with Gasteiger partial charge in [-0.2, -0.15) is 4.98 Å². The maximum atomic E-state index is 12.3. The number of nitrogens with one attached hydrogen (secondary N) is 2. The summed E-state index contributed by atoms with van der Waals surface area (Å²) in [4.78, 5) is 38.9. The molecule has 8 nitrogen and oxygen atoms in total. The van der Waals surface area contributed by atoms with E-state index in [-0.39, 0.29) is 22.9 Å². The average molecular weight is 352 g/mol. The van der Waals surface area contributed by atoms with Crippen molar-refractivity contribution in [1.82, 2.24) is 19.9 Å². The molecule has 3 aromatic rings. The Labute approximate surface area is 149 Å². The molecule has 0 saturated heterocycles. The van der Waals surface area contributed by atoms with Crippen LogP contribution in [0.15, 0.2) is 35.3 Å². The van der Waals surface area contributed by atoms with E-state index >= 15 is 0 Å². The lowest BCUT2D eigenvalue weighted by atomic mass is 9.86. The number of hydrogen-bond acceptors (Lipinski definition) is 7. The zero-order valence-corrected chi connectivity index (χ0v) is 14.8. The third-order valence-electron chi connectivity index (χ3n) is 3.79. The fourth-order valence-corrected chi connectivity index (χ4v) is 2.42. The number of hydrogen-bond donors (Lipinski definition) is 3. The molecular weight excluding hydrogens is 332 g/mol. The highest BCUT2D eigenvalue weighted by atomic mass is 16.1. The van der Waals surface area contributed by atoms with Gasteiger partial charge in [-0.25, -0.2) is 9.97 Å². The Bertz CT molecular complexity index is 1020. The monoisotopic (exact) mass is 352 g/mol. The summed E-state index contributed by atoms with van der Waals surface area (Å²) in [6.07, 6.45) is 1.54. The van der Waals surface area contributed by atoms with Crippen LogP contribution in [0.5, 0.6) is 0 Å². The van der Waals surface area contributed by atoms with Crippen molar-refractivity contribution in [2.24, 2.45) is 5.41 Å². The maximum Gasteiger partial charge on any atom is 0.280 e. The van der Waals surface area contributed by atoms with Crippen LogP contribution in [0.3, 0.4) is 0 Å². The Morgan fingerprint density at radius 3 is 2.54 bits per heavy atom. The number of aromatic amines is 1. The predicted octanol–water partition coefficient (Wildman–Crippen LogP) is 2.14. The third-order valence-corrected chi connectivity index (χ3v) is 3.79. The van der Waals surface area contributed by atoms with Gasteiger partial charge in [0.2, 0.25) is 5.95 Å². The molecule has 0 bridgehead atoms. The third kappa shape index (κ3) is 3.69. The molecule has 0 aliphatic heterocycles. The van der Waals surface area contributed by atoms with Crippen LogP contribution in [0.25, 0.3) is 11.2 Å². The molecule has 0 aliphatic carbocycles. The summed E-state index contributed by atoms with van der Waals surface area (Å²) in [5, 5.41) is 3.19. The van der Waals surface area contributed by atoms with Gasteiger partial charge in [0.1, 0.15) is 0 Å². The summed E-state index contributed by atoms with van der Waals surface area (Å²) in [6.45, 7) is 6.05. The molecule has 0 radical (unpaired) electrons. The van der Waals surface area contributed by atoms with E-state index in [0.29, 0.717) is 17.8 Å². The molecule has 8 heteroatoms. The van der Waals surface area contributed by atoms with Gasteiger partial charge < -0.3 is 11.1 Å². The first-order valence-corrected chi connectivity index (χ1v) is 8.14. The molecule has 0 spiro atoms.